The van der Waals surface area contributed by atoms with Gasteiger partial charge in [0.25, 0.3) is 5.91 Å². The van der Waals surface area contributed by atoms with Gasteiger partial charge in [-0.2, -0.15) is 0 Å². The van der Waals surface area contributed by atoms with E-state index in [4.69, 9.17) is 9.47 Å². The van der Waals surface area contributed by atoms with E-state index < -0.39 is 0 Å². The summed E-state index contributed by atoms with van der Waals surface area (Å²) in [5.41, 5.74) is 1.22. The first-order chi connectivity index (χ1) is 16.9. The summed E-state index contributed by atoms with van der Waals surface area (Å²) < 4.78 is 12.2. The molecule has 1 atom stereocenters. The minimum absolute atomic E-state index is 0.0721. The van der Waals surface area contributed by atoms with Gasteiger partial charge in [-0.25, -0.2) is 0 Å². The summed E-state index contributed by atoms with van der Waals surface area (Å²) in [5, 5.41) is 15.2. The zero-order chi connectivity index (χ0) is 25.4. The van der Waals surface area contributed by atoms with Gasteiger partial charge < -0.3 is 24.7 Å². The van der Waals surface area contributed by atoms with E-state index >= 15 is 0 Å². The van der Waals surface area contributed by atoms with Crippen molar-refractivity contribution in [2.75, 3.05) is 25.3 Å². The highest BCUT2D eigenvalue weighted by Gasteiger charge is 2.26. The SMILES string of the molecule is CCn1c(SCC(=O)Nc2ccc(OC)cc2)nnc1[C@H](NC(=O)c1ccc(OC)cc1)C(C)C. The van der Waals surface area contributed by atoms with Crippen molar-refractivity contribution in [3.63, 3.8) is 0 Å². The summed E-state index contributed by atoms with van der Waals surface area (Å²) in [6.45, 7) is 6.62. The average molecular weight is 498 g/mol. The Morgan fingerprint density at radius 2 is 1.57 bits per heavy atom. The van der Waals surface area contributed by atoms with E-state index in [1.165, 1.54) is 11.8 Å². The van der Waals surface area contributed by atoms with Crippen LogP contribution >= 0.6 is 11.8 Å². The minimum atomic E-state index is -0.348. The first kappa shape index (κ1) is 26.1. The fourth-order valence-electron chi connectivity index (χ4n) is 3.43. The molecule has 0 bridgehead atoms. The van der Waals surface area contributed by atoms with Gasteiger partial charge in [0.2, 0.25) is 5.91 Å². The number of rotatable bonds is 11. The van der Waals surface area contributed by atoms with E-state index in [0.29, 0.717) is 34.5 Å². The quantitative estimate of drug-likeness (QED) is 0.383. The van der Waals surface area contributed by atoms with Crippen LogP contribution in [0, 0.1) is 5.92 Å². The number of thioether (sulfide) groups is 1. The summed E-state index contributed by atoms with van der Waals surface area (Å²) in [6, 6.07) is 13.7. The van der Waals surface area contributed by atoms with Crippen molar-refractivity contribution < 1.29 is 19.1 Å². The minimum Gasteiger partial charge on any atom is -0.497 e. The normalized spacial score (nSPS) is 11.7. The number of nitrogens with one attached hydrogen (secondary N) is 2. The van der Waals surface area contributed by atoms with Crippen molar-refractivity contribution in [2.45, 2.75) is 38.5 Å². The number of hydrogen-bond acceptors (Lipinski definition) is 7. The summed E-state index contributed by atoms with van der Waals surface area (Å²) in [6.07, 6.45) is 0. The molecule has 0 unspecified atom stereocenters. The second-order valence-electron chi connectivity index (χ2n) is 8.07. The third-order valence-electron chi connectivity index (χ3n) is 5.35. The van der Waals surface area contributed by atoms with Gasteiger partial charge in [0.05, 0.1) is 26.0 Å². The molecule has 2 N–H and O–H groups in total. The lowest BCUT2D eigenvalue weighted by atomic mass is 10.0. The number of hydrogen-bond donors (Lipinski definition) is 2. The molecule has 2 aromatic carbocycles. The largest absolute Gasteiger partial charge is 0.497 e. The van der Waals surface area contributed by atoms with Crippen molar-refractivity contribution in [3.8, 4) is 11.5 Å². The lowest BCUT2D eigenvalue weighted by Crippen LogP contribution is -2.33. The van der Waals surface area contributed by atoms with Crippen molar-refractivity contribution in [1.29, 1.82) is 0 Å². The third-order valence-corrected chi connectivity index (χ3v) is 6.32. The van der Waals surface area contributed by atoms with Crippen molar-refractivity contribution in [2.24, 2.45) is 5.92 Å². The van der Waals surface area contributed by atoms with Gasteiger partial charge in [0, 0.05) is 17.8 Å². The van der Waals surface area contributed by atoms with Gasteiger partial charge in [-0.15, -0.1) is 10.2 Å². The molecule has 0 aliphatic rings. The molecule has 0 saturated heterocycles. The van der Waals surface area contributed by atoms with E-state index in [1.54, 1.807) is 62.8 Å². The van der Waals surface area contributed by atoms with E-state index in [2.05, 4.69) is 20.8 Å². The van der Waals surface area contributed by atoms with E-state index in [-0.39, 0.29) is 29.5 Å². The molecule has 0 spiro atoms. The van der Waals surface area contributed by atoms with Gasteiger partial charge >= 0.3 is 0 Å². The first-order valence-corrected chi connectivity index (χ1v) is 12.3. The standard InChI is InChI=1S/C25H31N5O4S/c1-6-30-23(22(16(2)3)27-24(32)17-7-11-19(33-4)12-8-17)28-29-25(30)35-15-21(31)26-18-9-13-20(34-5)14-10-18/h7-14,16,22H,6,15H2,1-5H3,(H,26,31)(H,27,32)/t22-/m1/s1. The van der Waals surface area contributed by atoms with Crippen LogP contribution in [0.2, 0.25) is 0 Å². The Bertz CT molecular complexity index is 1130. The average Bonchev–Trinajstić information content (AvgIpc) is 3.28. The molecule has 0 fully saturated rings. The van der Waals surface area contributed by atoms with Crippen molar-refractivity contribution in [3.05, 3.63) is 59.9 Å². The number of aromatic nitrogens is 3. The second kappa shape index (κ2) is 12.3. The van der Waals surface area contributed by atoms with Crippen molar-refractivity contribution in [1.82, 2.24) is 20.1 Å². The van der Waals surface area contributed by atoms with Gasteiger partial charge in [-0.05, 0) is 61.4 Å². The third kappa shape index (κ3) is 6.75. The lowest BCUT2D eigenvalue weighted by molar-refractivity contribution is -0.113. The molecule has 0 radical (unpaired) electrons. The summed E-state index contributed by atoms with van der Waals surface area (Å²) in [7, 11) is 3.18. The maximum atomic E-state index is 12.9. The summed E-state index contributed by atoms with van der Waals surface area (Å²) >= 11 is 1.30. The van der Waals surface area contributed by atoms with Crippen LogP contribution in [-0.2, 0) is 11.3 Å². The maximum Gasteiger partial charge on any atom is 0.251 e. The molecule has 186 valence electrons. The number of amides is 2. The first-order valence-electron chi connectivity index (χ1n) is 11.3. The molecule has 2 amide bonds. The molecule has 3 aromatic rings. The predicted molar refractivity (Wildman–Crippen MR) is 136 cm³/mol. The molecule has 1 aromatic heterocycles. The Balaban J connectivity index is 1.68. The predicted octanol–water partition coefficient (Wildman–Crippen LogP) is 4.17. The molecule has 0 aliphatic carbocycles. The van der Waals surface area contributed by atoms with E-state index in [0.717, 1.165) is 5.75 Å². The van der Waals surface area contributed by atoms with Crippen LogP contribution < -0.4 is 20.1 Å². The highest BCUT2D eigenvalue weighted by molar-refractivity contribution is 7.99. The van der Waals surface area contributed by atoms with Crippen LogP contribution in [0.4, 0.5) is 5.69 Å². The molecule has 0 saturated carbocycles. The van der Waals surface area contributed by atoms with Crippen LogP contribution in [0.1, 0.15) is 43.0 Å². The molecular formula is C25H31N5O4S. The van der Waals surface area contributed by atoms with Crippen LogP contribution in [0.15, 0.2) is 53.7 Å². The molecule has 3 rings (SSSR count). The topological polar surface area (TPSA) is 107 Å². The van der Waals surface area contributed by atoms with Crippen LogP contribution in [-0.4, -0.2) is 46.6 Å². The van der Waals surface area contributed by atoms with Gasteiger partial charge in [-0.3, -0.25) is 9.59 Å². The van der Waals surface area contributed by atoms with Gasteiger partial charge in [0.1, 0.15) is 11.5 Å². The lowest BCUT2D eigenvalue weighted by Gasteiger charge is -2.22. The number of carbonyl (C=O) groups is 2. The second-order valence-corrected chi connectivity index (χ2v) is 9.02. The molecule has 9 nitrogen and oxygen atoms in total. The fourth-order valence-corrected chi connectivity index (χ4v) is 4.24. The number of carbonyl (C=O) groups excluding carboxylic acids is 2. The number of nitrogens with zero attached hydrogens (tertiary/aromatic N) is 3. The Labute approximate surface area is 209 Å². The van der Waals surface area contributed by atoms with Crippen LogP contribution in [0.3, 0.4) is 0 Å². The number of anilines is 1. The summed E-state index contributed by atoms with van der Waals surface area (Å²) in [5.74, 6) is 1.95. The monoisotopic (exact) mass is 497 g/mol. The smallest absolute Gasteiger partial charge is 0.251 e. The Morgan fingerprint density at radius 3 is 2.11 bits per heavy atom. The molecular weight excluding hydrogens is 466 g/mol. The Morgan fingerprint density at radius 1 is 0.971 bits per heavy atom. The molecule has 10 heteroatoms. The Kier molecular flexibility index (Phi) is 9.13. The zero-order valence-electron chi connectivity index (χ0n) is 20.6. The van der Waals surface area contributed by atoms with Gasteiger partial charge in [0.15, 0.2) is 11.0 Å². The molecule has 0 aliphatic heterocycles. The maximum absolute atomic E-state index is 12.9. The zero-order valence-corrected chi connectivity index (χ0v) is 21.4. The molecule has 35 heavy (non-hydrogen) atoms. The van der Waals surface area contributed by atoms with E-state index in [1.807, 2.05) is 25.3 Å². The number of methoxy groups -OCH3 is 2. The highest BCUT2D eigenvalue weighted by atomic mass is 32.2. The highest BCUT2D eigenvalue weighted by Crippen LogP contribution is 2.26. The van der Waals surface area contributed by atoms with Crippen LogP contribution in [0.25, 0.3) is 0 Å². The number of ether oxygens (including phenoxy) is 2. The van der Waals surface area contributed by atoms with Crippen LogP contribution in [0.5, 0.6) is 11.5 Å². The summed E-state index contributed by atoms with van der Waals surface area (Å²) in [4.78, 5) is 25.3. The fraction of sp³-hybridized carbons (Fsp3) is 0.360. The van der Waals surface area contributed by atoms with Gasteiger partial charge in [-0.1, -0.05) is 25.6 Å². The van der Waals surface area contributed by atoms with E-state index in [9.17, 15) is 9.59 Å². The molecule has 1 heterocycles. The van der Waals surface area contributed by atoms with Crippen molar-refractivity contribution >= 4 is 29.3 Å². The Hall–Kier alpha value is -3.53. The number of benzene rings is 2.